The molecule has 1 amide bonds. The first kappa shape index (κ1) is 19.3. The maximum Gasteiger partial charge on any atom is 0.278 e. The number of nitrogens with zero attached hydrogens (tertiary/aromatic N) is 1. The number of hydrogen-bond donors (Lipinski definition) is 2. The van der Waals surface area contributed by atoms with Gasteiger partial charge in [-0.25, -0.2) is 12.8 Å². The SMILES string of the molecule is C[C@H](C(=O)NC1CCCC1)[NH+]1CCN(S(=O)(=O)c2ccccc2F)CC1. The summed E-state index contributed by atoms with van der Waals surface area (Å²) >= 11 is 0. The zero-order valence-electron chi connectivity index (χ0n) is 15.1. The van der Waals surface area contributed by atoms with Crippen molar-refractivity contribution in [3.05, 3.63) is 30.1 Å². The largest absolute Gasteiger partial charge is 0.348 e. The molecule has 2 N–H and O–H groups in total. The van der Waals surface area contributed by atoms with Crippen LogP contribution in [0.25, 0.3) is 0 Å². The van der Waals surface area contributed by atoms with E-state index in [-0.39, 0.29) is 36.0 Å². The molecule has 0 spiro atoms. The van der Waals surface area contributed by atoms with Gasteiger partial charge in [0, 0.05) is 6.04 Å². The van der Waals surface area contributed by atoms with E-state index in [0.29, 0.717) is 13.1 Å². The molecule has 6 nitrogen and oxygen atoms in total. The minimum atomic E-state index is -3.84. The highest BCUT2D eigenvalue weighted by Crippen LogP contribution is 2.19. The molecule has 1 atom stereocenters. The molecule has 0 radical (unpaired) electrons. The summed E-state index contributed by atoms with van der Waals surface area (Å²) in [6.45, 7) is 3.53. The predicted octanol–water partition coefficient (Wildman–Crippen LogP) is 0.162. The minimum Gasteiger partial charge on any atom is -0.348 e. The number of sulfonamides is 1. The molecule has 1 aliphatic carbocycles. The second kappa shape index (κ2) is 8.02. The smallest absolute Gasteiger partial charge is 0.278 e. The van der Waals surface area contributed by atoms with Gasteiger partial charge in [-0.05, 0) is 31.9 Å². The maximum absolute atomic E-state index is 13.9. The highest BCUT2D eigenvalue weighted by Gasteiger charge is 2.36. The second-order valence-corrected chi connectivity index (χ2v) is 9.11. The zero-order valence-corrected chi connectivity index (χ0v) is 15.9. The molecule has 26 heavy (non-hydrogen) atoms. The average molecular weight is 384 g/mol. The molecule has 2 fully saturated rings. The molecule has 8 heteroatoms. The van der Waals surface area contributed by atoms with E-state index in [2.05, 4.69) is 5.32 Å². The van der Waals surface area contributed by atoms with Gasteiger partial charge in [-0.3, -0.25) is 4.79 Å². The molecule has 0 aromatic heterocycles. The molecular weight excluding hydrogens is 357 g/mol. The van der Waals surface area contributed by atoms with Gasteiger partial charge in [0.2, 0.25) is 10.0 Å². The van der Waals surface area contributed by atoms with E-state index in [9.17, 15) is 17.6 Å². The van der Waals surface area contributed by atoms with Gasteiger partial charge in [0.1, 0.15) is 10.7 Å². The van der Waals surface area contributed by atoms with Crippen LogP contribution >= 0.6 is 0 Å². The second-order valence-electron chi connectivity index (χ2n) is 7.20. The van der Waals surface area contributed by atoms with Gasteiger partial charge in [-0.2, -0.15) is 4.31 Å². The number of benzene rings is 1. The Labute approximate surface area is 154 Å². The van der Waals surface area contributed by atoms with Crippen molar-refractivity contribution in [3.8, 4) is 0 Å². The number of rotatable bonds is 5. The van der Waals surface area contributed by atoms with E-state index >= 15 is 0 Å². The van der Waals surface area contributed by atoms with Crippen LogP contribution < -0.4 is 10.2 Å². The normalized spacial score (nSPS) is 21.6. The number of quaternary nitrogens is 1. The van der Waals surface area contributed by atoms with Gasteiger partial charge in [-0.15, -0.1) is 0 Å². The fourth-order valence-corrected chi connectivity index (χ4v) is 5.33. The van der Waals surface area contributed by atoms with Crippen molar-refractivity contribution in [1.82, 2.24) is 9.62 Å². The summed E-state index contributed by atoms with van der Waals surface area (Å²) in [6, 6.07) is 5.51. The lowest BCUT2D eigenvalue weighted by Crippen LogP contribution is -3.19. The molecular formula is C18H27FN3O3S+. The Kier molecular flexibility index (Phi) is 5.94. The Balaban J connectivity index is 1.58. The van der Waals surface area contributed by atoms with Crippen LogP contribution in [0.2, 0.25) is 0 Å². The number of halogens is 1. The summed E-state index contributed by atoms with van der Waals surface area (Å²) in [5.41, 5.74) is 0. The fourth-order valence-electron chi connectivity index (χ4n) is 3.82. The predicted molar refractivity (Wildman–Crippen MR) is 95.7 cm³/mol. The number of hydrogen-bond acceptors (Lipinski definition) is 3. The third-order valence-electron chi connectivity index (χ3n) is 5.53. The van der Waals surface area contributed by atoms with E-state index in [1.54, 1.807) is 0 Å². The van der Waals surface area contributed by atoms with E-state index in [1.165, 1.54) is 35.3 Å². The van der Waals surface area contributed by atoms with Crippen LogP contribution in [-0.4, -0.2) is 56.9 Å². The van der Waals surface area contributed by atoms with E-state index in [1.807, 2.05) is 6.92 Å². The van der Waals surface area contributed by atoms with Gasteiger partial charge in [-0.1, -0.05) is 25.0 Å². The van der Waals surface area contributed by atoms with Crippen LogP contribution in [0.3, 0.4) is 0 Å². The standard InChI is InChI=1S/C18H26FN3O3S/c1-14(18(23)20-15-6-2-3-7-15)21-10-12-22(13-11-21)26(24,25)17-9-5-4-8-16(17)19/h4-5,8-9,14-15H,2-3,6-7,10-13H2,1H3,(H,20,23)/p+1/t14-/m1/s1. The number of nitrogens with one attached hydrogen (secondary N) is 2. The van der Waals surface area contributed by atoms with Crippen LogP contribution in [0, 0.1) is 5.82 Å². The fraction of sp³-hybridized carbons (Fsp3) is 0.611. The summed E-state index contributed by atoms with van der Waals surface area (Å²) < 4.78 is 40.5. The summed E-state index contributed by atoms with van der Waals surface area (Å²) in [5.74, 6) is -0.691. The topological polar surface area (TPSA) is 70.9 Å². The van der Waals surface area contributed by atoms with E-state index in [0.717, 1.165) is 23.8 Å². The number of carbonyl (C=O) groups is 1. The molecule has 1 aromatic rings. The number of amides is 1. The van der Waals surface area contributed by atoms with E-state index < -0.39 is 15.8 Å². The van der Waals surface area contributed by atoms with Crippen molar-refractivity contribution in [3.63, 3.8) is 0 Å². The maximum atomic E-state index is 13.9. The first-order chi connectivity index (χ1) is 12.4. The van der Waals surface area contributed by atoms with Gasteiger partial charge in [0.05, 0.1) is 26.2 Å². The molecule has 0 bridgehead atoms. The van der Waals surface area contributed by atoms with Gasteiger partial charge < -0.3 is 10.2 Å². The third-order valence-corrected chi connectivity index (χ3v) is 7.46. The van der Waals surface area contributed by atoms with Gasteiger partial charge in [0.25, 0.3) is 5.91 Å². The Hall–Kier alpha value is -1.51. The van der Waals surface area contributed by atoms with E-state index in [4.69, 9.17) is 0 Å². The van der Waals surface area contributed by atoms with Crippen molar-refractivity contribution in [2.45, 2.75) is 49.6 Å². The summed E-state index contributed by atoms with van der Waals surface area (Å²) in [5, 5.41) is 3.11. The Morgan fingerprint density at radius 1 is 1.23 bits per heavy atom. The van der Waals surface area contributed by atoms with Crippen LogP contribution in [0.4, 0.5) is 4.39 Å². The monoisotopic (exact) mass is 384 g/mol. The quantitative estimate of drug-likeness (QED) is 0.760. The summed E-state index contributed by atoms with van der Waals surface area (Å²) in [7, 11) is -3.84. The Morgan fingerprint density at radius 2 is 1.85 bits per heavy atom. The van der Waals surface area contributed by atoms with Crippen LogP contribution in [0.5, 0.6) is 0 Å². The van der Waals surface area contributed by atoms with Crippen LogP contribution in [-0.2, 0) is 14.8 Å². The number of carbonyl (C=O) groups excluding carboxylic acids is 1. The average Bonchev–Trinajstić information content (AvgIpc) is 3.14. The molecule has 2 aliphatic rings. The lowest BCUT2D eigenvalue weighted by atomic mass is 10.2. The Bertz CT molecular complexity index is 742. The van der Waals surface area contributed by atoms with Gasteiger partial charge in [0.15, 0.2) is 6.04 Å². The third kappa shape index (κ3) is 4.07. The molecule has 144 valence electrons. The number of piperazine rings is 1. The molecule has 1 saturated heterocycles. The lowest BCUT2D eigenvalue weighted by molar-refractivity contribution is -0.917. The zero-order chi connectivity index (χ0) is 18.7. The van der Waals surface area contributed by atoms with Crippen LogP contribution in [0.15, 0.2) is 29.2 Å². The van der Waals surface area contributed by atoms with Crippen molar-refractivity contribution >= 4 is 15.9 Å². The first-order valence-corrected chi connectivity index (χ1v) is 10.7. The molecule has 1 aliphatic heterocycles. The van der Waals surface area contributed by atoms with Crippen molar-refractivity contribution < 1.29 is 22.5 Å². The van der Waals surface area contributed by atoms with Crippen molar-refractivity contribution in [2.24, 2.45) is 0 Å². The van der Waals surface area contributed by atoms with Crippen molar-refractivity contribution in [1.29, 1.82) is 0 Å². The first-order valence-electron chi connectivity index (χ1n) is 9.29. The highest BCUT2D eigenvalue weighted by molar-refractivity contribution is 7.89. The molecule has 1 saturated carbocycles. The molecule has 0 unspecified atom stereocenters. The Morgan fingerprint density at radius 3 is 2.46 bits per heavy atom. The van der Waals surface area contributed by atoms with Crippen molar-refractivity contribution in [2.75, 3.05) is 26.2 Å². The lowest BCUT2D eigenvalue weighted by Gasteiger charge is -2.34. The van der Waals surface area contributed by atoms with Gasteiger partial charge >= 0.3 is 0 Å². The highest BCUT2D eigenvalue weighted by atomic mass is 32.2. The minimum absolute atomic E-state index is 0.0392. The van der Waals surface area contributed by atoms with Crippen LogP contribution in [0.1, 0.15) is 32.6 Å². The summed E-state index contributed by atoms with van der Waals surface area (Å²) in [4.78, 5) is 13.2. The molecule has 1 heterocycles. The molecule has 3 rings (SSSR count). The molecule has 1 aromatic carbocycles. The summed E-state index contributed by atoms with van der Waals surface area (Å²) in [6.07, 6.45) is 4.42.